The van der Waals surface area contributed by atoms with E-state index in [0.717, 1.165) is 0 Å². The molecule has 7 heavy (non-hydrogen) atoms. The second-order valence-electron chi connectivity index (χ2n) is 0.917. The van der Waals surface area contributed by atoms with Crippen molar-refractivity contribution in [2.75, 3.05) is 0 Å². The minimum atomic E-state index is 0.501. The van der Waals surface area contributed by atoms with Gasteiger partial charge in [-0.2, -0.15) is 0 Å². The van der Waals surface area contributed by atoms with E-state index in [4.69, 9.17) is 11.6 Å². The minimum absolute atomic E-state index is 0.501. The Morgan fingerprint density at radius 2 is 2.43 bits per heavy atom. The molecule has 0 unspecified atom stereocenters. The number of halogens is 2. The molecular formula is C2HClIN3. The van der Waals surface area contributed by atoms with E-state index in [-0.39, 0.29) is 0 Å². The van der Waals surface area contributed by atoms with E-state index in [1.54, 1.807) is 0 Å². The third-order valence-corrected chi connectivity index (χ3v) is 1.80. The van der Waals surface area contributed by atoms with Gasteiger partial charge >= 0.3 is 0 Å². The van der Waals surface area contributed by atoms with Gasteiger partial charge in [-0.1, -0.05) is 16.8 Å². The Morgan fingerprint density at radius 3 is 2.57 bits per heavy atom. The van der Waals surface area contributed by atoms with E-state index < -0.39 is 0 Å². The van der Waals surface area contributed by atoms with Crippen LogP contribution in [0.3, 0.4) is 0 Å². The van der Waals surface area contributed by atoms with Crippen molar-refractivity contribution < 1.29 is 0 Å². The molecule has 0 radical (unpaired) electrons. The van der Waals surface area contributed by atoms with Crippen molar-refractivity contribution in [3.05, 3.63) is 8.85 Å². The number of hydrogen-bond donors (Lipinski definition) is 1. The van der Waals surface area contributed by atoms with Crippen molar-refractivity contribution >= 4 is 34.2 Å². The molecule has 38 valence electrons. The molecule has 0 saturated heterocycles. The number of aromatic amines is 1. The Labute approximate surface area is 58.6 Å². The lowest BCUT2D eigenvalue weighted by Gasteiger charge is -1.70. The van der Waals surface area contributed by atoms with Crippen LogP contribution in [0.5, 0.6) is 0 Å². The molecule has 1 aromatic rings. The molecule has 0 bridgehead atoms. The van der Waals surface area contributed by atoms with Crippen LogP contribution in [0.15, 0.2) is 0 Å². The van der Waals surface area contributed by atoms with Crippen molar-refractivity contribution in [2.45, 2.75) is 0 Å². The molecule has 3 nitrogen and oxygen atoms in total. The summed E-state index contributed by atoms with van der Waals surface area (Å²) in [5.74, 6) is 0. The lowest BCUT2D eigenvalue weighted by molar-refractivity contribution is 0.933. The molecule has 1 heterocycles. The van der Waals surface area contributed by atoms with Crippen molar-refractivity contribution in [3.63, 3.8) is 0 Å². The van der Waals surface area contributed by atoms with Crippen LogP contribution in [0.2, 0.25) is 5.15 Å². The van der Waals surface area contributed by atoms with Crippen LogP contribution in [-0.4, -0.2) is 15.4 Å². The molecule has 0 fully saturated rings. The zero-order valence-corrected chi connectivity index (χ0v) is 6.06. The zero-order valence-electron chi connectivity index (χ0n) is 3.15. The molecular weight excluding hydrogens is 228 g/mol. The number of nitrogens with one attached hydrogen (secondary N) is 1. The van der Waals surface area contributed by atoms with E-state index in [1.165, 1.54) is 0 Å². The smallest absolute Gasteiger partial charge is 0.162 e. The average Bonchev–Trinajstić information content (AvgIpc) is 1.91. The molecule has 0 atom stereocenters. The van der Waals surface area contributed by atoms with E-state index in [2.05, 4.69) is 15.4 Å². The largest absolute Gasteiger partial charge is 0.246 e. The number of rotatable bonds is 0. The Bertz CT molecular complexity index is 145. The highest BCUT2D eigenvalue weighted by atomic mass is 127. The summed E-state index contributed by atoms with van der Waals surface area (Å²) in [7, 11) is 0. The summed E-state index contributed by atoms with van der Waals surface area (Å²) in [6.45, 7) is 0. The van der Waals surface area contributed by atoms with E-state index in [9.17, 15) is 0 Å². The molecule has 0 aliphatic heterocycles. The summed E-state index contributed by atoms with van der Waals surface area (Å²) in [4.78, 5) is 0. The van der Waals surface area contributed by atoms with Gasteiger partial charge in [0, 0.05) is 0 Å². The van der Waals surface area contributed by atoms with Gasteiger partial charge in [-0.3, -0.25) is 0 Å². The van der Waals surface area contributed by atoms with Gasteiger partial charge in [-0.15, -0.1) is 5.10 Å². The predicted molar refractivity (Wildman–Crippen MR) is 34.1 cm³/mol. The van der Waals surface area contributed by atoms with Gasteiger partial charge in [0.2, 0.25) is 0 Å². The van der Waals surface area contributed by atoms with Crippen LogP contribution in [-0.2, 0) is 0 Å². The summed E-state index contributed by atoms with van der Waals surface area (Å²) in [6.07, 6.45) is 0. The maximum absolute atomic E-state index is 5.44. The first kappa shape index (κ1) is 5.30. The SMILES string of the molecule is Clc1[nH]nnc1I. The summed E-state index contributed by atoms with van der Waals surface area (Å²) in [6, 6.07) is 0. The maximum atomic E-state index is 5.44. The molecule has 1 rings (SSSR count). The van der Waals surface area contributed by atoms with Gasteiger partial charge in [0.05, 0.1) is 0 Å². The quantitative estimate of drug-likeness (QED) is 0.676. The second-order valence-corrected chi connectivity index (χ2v) is 2.32. The fourth-order valence-electron chi connectivity index (χ4n) is 0.203. The summed E-state index contributed by atoms with van der Waals surface area (Å²) < 4.78 is 0.708. The van der Waals surface area contributed by atoms with E-state index >= 15 is 0 Å². The summed E-state index contributed by atoms with van der Waals surface area (Å²) in [5, 5.41) is 9.94. The minimum Gasteiger partial charge on any atom is -0.246 e. The Balaban J connectivity index is 3.12. The van der Waals surface area contributed by atoms with Gasteiger partial charge in [0.15, 0.2) is 8.85 Å². The van der Waals surface area contributed by atoms with E-state index in [0.29, 0.717) is 8.85 Å². The lowest BCUT2D eigenvalue weighted by atomic mass is 11.0. The topological polar surface area (TPSA) is 41.6 Å². The van der Waals surface area contributed by atoms with Gasteiger partial charge in [0.1, 0.15) is 0 Å². The lowest BCUT2D eigenvalue weighted by Crippen LogP contribution is -1.66. The summed E-state index contributed by atoms with van der Waals surface area (Å²) in [5.41, 5.74) is 0. The molecule has 5 heteroatoms. The zero-order chi connectivity index (χ0) is 5.28. The Kier molecular flexibility index (Phi) is 1.48. The van der Waals surface area contributed by atoms with Gasteiger partial charge in [-0.05, 0) is 22.6 Å². The average molecular weight is 229 g/mol. The van der Waals surface area contributed by atoms with Gasteiger partial charge in [0.25, 0.3) is 0 Å². The van der Waals surface area contributed by atoms with Crippen LogP contribution < -0.4 is 0 Å². The van der Waals surface area contributed by atoms with Crippen molar-refractivity contribution in [3.8, 4) is 0 Å². The van der Waals surface area contributed by atoms with Crippen molar-refractivity contribution in [2.24, 2.45) is 0 Å². The molecule has 0 spiro atoms. The molecule has 0 aromatic carbocycles. The van der Waals surface area contributed by atoms with Gasteiger partial charge in [-0.25, -0.2) is 5.10 Å². The van der Waals surface area contributed by atoms with Crippen molar-refractivity contribution in [1.29, 1.82) is 0 Å². The predicted octanol–water partition coefficient (Wildman–Crippen LogP) is 1.06. The number of hydrogen-bond acceptors (Lipinski definition) is 2. The molecule has 0 aliphatic carbocycles. The van der Waals surface area contributed by atoms with E-state index in [1.807, 2.05) is 22.6 Å². The first-order valence-corrected chi connectivity index (χ1v) is 2.98. The molecule has 1 N–H and O–H groups in total. The van der Waals surface area contributed by atoms with Gasteiger partial charge < -0.3 is 0 Å². The van der Waals surface area contributed by atoms with Crippen LogP contribution >= 0.6 is 34.2 Å². The fourth-order valence-corrected chi connectivity index (χ4v) is 0.507. The standard InChI is InChI=1S/C2HClIN3/c3-1-2(4)6-7-5-1/h(H,5,6,7). The number of nitrogens with zero attached hydrogens (tertiary/aromatic N) is 2. The van der Waals surface area contributed by atoms with Crippen LogP contribution in [0.1, 0.15) is 0 Å². The third kappa shape index (κ3) is 1.03. The highest BCUT2D eigenvalue weighted by molar-refractivity contribution is 14.1. The summed E-state index contributed by atoms with van der Waals surface area (Å²) >= 11 is 7.42. The second kappa shape index (κ2) is 1.95. The van der Waals surface area contributed by atoms with Crippen LogP contribution in [0, 0.1) is 3.70 Å². The Hall–Kier alpha value is 0.160. The fraction of sp³-hybridized carbons (Fsp3) is 0. The van der Waals surface area contributed by atoms with Crippen LogP contribution in [0.25, 0.3) is 0 Å². The first-order valence-electron chi connectivity index (χ1n) is 1.53. The molecule has 0 aliphatic rings. The first-order chi connectivity index (χ1) is 3.30. The molecule has 1 aromatic heterocycles. The number of aromatic nitrogens is 3. The Morgan fingerprint density at radius 1 is 1.71 bits per heavy atom. The molecule has 0 amide bonds. The highest BCUT2D eigenvalue weighted by Crippen LogP contribution is 2.08. The number of H-pyrrole nitrogens is 1. The maximum Gasteiger partial charge on any atom is 0.162 e. The van der Waals surface area contributed by atoms with Crippen LogP contribution in [0.4, 0.5) is 0 Å². The molecule has 0 saturated carbocycles. The van der Waals surface area contributed by atoms with Crippen molar-refractivity contribution in [1.82, 2.24) is 15.4 Å². The monoisotopic (exact) mass is 229 g/mol. The third-order valence-electron chi connectivity index (χ3n) is 0.467. The normalized spacial score (nSPS) is 9.43. The highest BCUT2D eigenvalue weighted by Gasteiger charge is 1.94.